The third kappa shape index (κ3) is 5.05. The molecule has 7 N–H and O–H groups in total. The van der Waals surface area contributed by atoms with Gasteiger partial charge in [-0.2, -0.15) is 26.3 Å². The molecule has 6 atom stereocenters. The van der Waals surface area contributed by atoms with Crippen LogP contribution in [0.15, 0.2) is 47.2 Å². The van der Waals surface area contributed by atoms with E-state index in [0.717, 1.165) is 12.2 Å². The van der Waals surface area contributed by atoms with Gasteiger partial charge in [0.25, 0.3) is 5.91 Å². The topological polar surface area (TPSA) is 182 Å². The van der Waals surface area contributed by atoms with E-state index < -0.39 is 116 Å². The van der Waals surface area contributed by atoms with Crippen molar-refractivity contribution in [3.05, 3.63) is 80.6 Å². The van der Waals surface area contributed by atoms with Crippen LogP contribution in [0.2, 0.25) is 0 Å². The number of phenolic OH excluding ortho intramolecular Hbond substituents is 1. The maximum atomic E-state index is 14.1. The van der Waals surface area contributed by atoms with Gasteiger partial charge in [-0.25, -0.2) is 0 Å². The predicted octanol–water partition coefficient (Wildman–Crippen LogP) is 3.70. The monoisotopic (exact) mass is 682 g/mol. The number of amides is 1. The highest BCUT2D eigenvalue weighted by atomic mass is 19.4. The number of primary amides is 1. The van der Waals surface area contributed by atoms with Gasteiger partial charge < -0.3 is 31.3 Å². The van der Waals surface area contributed by atoms with Crippen molar-refractivity contribution in [3.63, 3.8) is 0 Å². The first-order chi connectivity index (χ1) is 22.0. The van der Waals surface area contributed by atoms with Crippen LogP contribution in [-0.2, 0) is 26.7 Å². The molecule has 1 saturated carbocycles. The average molecular weight is 683 g/mol. The molecule has 6 unspecified atom stereocenters. The Hall–Kier alpha value is -4.67. The highest BCUT2D eigenvalue weighted by Crippen LogP contribution is 2.56. The van der Waals surface area contributed by atoms with E-state index >= 15 is 0 Å². The lowest BCUT2D eigenvalue weighted by molar-refractivity contribution is -0.169. The first-order valence-electron chi connectivity index (χ1n) is 14.2. The summed E-state index contributed by atoms with van der Waals surface area (Å²) < 4.78 is 80.0. The molecular formula is C32H28F6N2O8. The fourth-order valence-electron chi connectivity index (χ4n) is 7.03. The Kier molecular flexibility index (Phi) is 8.09. The summed E-state index contributed by atoms with van der Waals surface area (Å²) in [6, 6.07) is 1.91. The first kappa shape index (κ1) is 34.7. The minimum absolute atomic E-state index is 0.0494. The maximum Gasteiger partial charge on any atom is 0.416 e. The van der Waals surface area contributed by atoms with Crippen molar-refractivity contribution in [3.8, 4) is 5.75 Å². The lowest BCUT2D eigenvalue weighted by Crippen LogP contribution is -2.70. The molecule has 0 aliphatic heterocycles. The van der Waals surface area contributed by atoms with Crippen molar-refractivity contribution in [2.45, 2.75) is 42.9 Å². The van der Waals surface area contributed by atoms with E-state index in [1.165, 1.54) is 38.1 Å². The molecule has 1 amide bonds. The lowest BCUT2D eigenvalue weighted by atomic mass is 9.54. The van der Waals surface area contributed by atoms with Crippen molar-refractivity contribution >= 4 is 35.4 Å². The molecule has 256 valence electrons. The fourth-order valence-corrected chi connectivity index (χ4v) is 7.03. The standard InChI is InChI=1S/C32H28F6N2O8/c1-11-16-7-6-13(5-4-12-8-14(31(33,34)35)10-15(9-12)32(36,37)38)23(41)18(16)24(42)19-17(11)25(43)21-22(40(2)3)26(44)20(29(39)47)28(46)30(21,48)27(19)45/h4-11,17,21-22,25,41-43,46,48H,1-3H3,(H2,39,47)/b5-4+. The van der Waals surface area contributed by atoms with Gasteiger partial charge in [0.1, 0.15) is 22.8 Å². The van der Waals surface area contributed by atoms with E-state index in [1.54, 1.807) is 0 Å². The number of aromatic hydroxyl groups is 1. The minimum atomic E-state index is -5.11. The molecule has 16 heteroatoms. The Morgan fingerprint density at radius 3 is 2.02 bits per heavy atom. The van der Waals surface area contributed by atoms with Crippen LogP contribution < -0.4 is 5.73 Å². The van der Waals surface area contributed by atoms with E-state index in [-0.39, 0.29) is 17.2 Å². The summed E-state index contributed by atoms with van der Waals surface area (Å²) >= 11 is 0. The molecule has 5 rings (SSSR count). The van der Waals surface area contributed by atoms with Crippen LogP contribution in [0.5, 0.6) is 5.75 Å². The molecule has 0 spiro atoms. The second kappa shape index (κ2) is 11.2. The molecule has 48 heavy (non-hydrogen) atoms. The second-order valence-corrected chi connectivity index (χ2v) is 12.2. The smallest absolute Gasteiger partial charge is 0.416 e. The lowest BCUT2D eigenvalue weighted by Gasteiger charge is -2.53. The van der Waals surface area contributed by atoms with Crippen LogP contribution in [0.25, 0.3) is 17.9 Å². The van der Waals surface area contributed by atoms with Crippen LogP contribution in [0.4, 0.5) is 26.3 Å². The number of halogens is 6. The molecule has 0 aromatic heterocycles. The number of aliphatic hydroxyl groups is 4. The second-order valence-electron chi connectivity index (χ2n) is 12.2. The number of Topliss-reactive ketones (excluding diaryl/α,β-unsaturated/α-hetero) is 2. The van der Waals surface area contributed by atoms with E-state index in [4.69, 9.17) is 5.73 Å². The molecule has 3 aliphatic carbocycles. The van der Waals surface area contributed by atoms with Crippen LogP contribution in [0.1, 0.15) is 46.2 Å². The molecule has 2 aromatic carbocycles. The molecule has 1 fully saturated rings. The van der Waals surface area contributed by atoms with E-state index in [9.17, 15) is 66.3 Å². The zero-order valence-corrected chi connectivity index (χ0v) is 25.2. The van der Waals surface area contributed by atoms with Gasteiger partial charge in [0.05, 0.1) is 34.8 Å². The predicted molar refractivity (Wildman–Crippen MR) is 156 cm³/mol. The number of fused-ring (bicyclic) bond motifs is 3. The van der Waals surface area contributed by atoms with Gasteiger partial charge in [-0.1, -0.05) is 31.2 Å². The molecule has 3 aliphatic rings. The Balaban J connectivity index is 1.67. The number of aliphatic hydroxyl groups excluding tert-OH is 3. The van der Waals surface area contributed by atoms with Gasteiger partial charge in [0, 0.05) is 17.1 Å². The summed E-state index contributed by atoms with van der Waals surface area (Å²) in [6.07, 6.45) is -10.2. The third-order valence-corrected chi connectivity index (χ3v) is 9.23. The van der Waals surface area contributed by atoms with Crippen LogP contribution in [0.3, 0.4) is 0 Å². The Morgan fingerprint density at radius 2 is 1.52 bits per heavy atom. The van der Waals surface area contributed by atoms with E-state index in [1.807, 2.05) is 0 Å². The van der Waals surface area contributed by atoms with Gasteiger partial charge in [0.2, 0.25) is 5.78 Å². The van der Waals surface area contributed by atoms with Gasteiger partial charge in [0.15, 0.2) is 11.4 Å². The summed E-state index contributed by atoms with van der Waals surface area (Å²) in [5, 5.41) is 57.0. The van der Waals surface area contributed by atoms with Gasteiger partial charge in [-0.05, 0) is 49.3 Å². The van der Waals surface area contributed by atoms with Crippen molar-refractivity contribution in [2.24, 2.45) is 17.6 Å². The Bertz CT molecular complexity index is 1830. The SMILES string of the molecule is CC1c2ccc(/C=C/c3cc(C(F)(F)F)cc(C(F)(F)F)c3)c(O)c2C(O)=C2C(=O)C3(O)C(O)=C(C(N)=O)C(=O)C(N(C)C)C3C(O)C21. The van der Waals surface area contributed by atoms with Crippen LogP contribution >= 0.6 is 0 Å². The minimum Gasteiger partial charge on any atom is -0.508 e. The molecule has 2 aromatic rings. The molecular weight excluding hydrogens is 654 g/mol. The molecule has 0 heterocycles. The van der Waals surface area contributed by atoms with Gasteiger partial charge >= 0.3 is 12.4 Å². The summed E-state index contributed by atoms with van der Waals surface area (Å²) in [5.41, 5.74) is -3.77. The first-order valence-corrected chi connectivity index (χ1v) is 14.2. The number of nitrogens with zero attached hydrogens (tertiary/aromatic N) is 1. The van der Waals surface area contributed by atoms with Gasteiger partial charge in [-0.15, -0.1) is 0 Å². The van der Waals surface area contributed by atoms with Crippen LogP contribution in [-0.4, -0.2) is 79.7 Å². The number of rotatable bonds is 4. The normalized spacial score (nSPS) is 27.8. The average Bonchev–Trinajstić information content (AvgIpc) is 2.97. The van der Waals surface area contributed by atoms with E-state index in [0.29, 0.717) is 12.1 Å². The number of carbonyl (C=O) groups excluding carboxylic acids is 3. The zero-order chi connectivity index (χ0) is 36.0. The molecule has 10 nitrogen and oxygen atoms in total. The number of phenols is 1. The van der Waals surface area contributed by atoms with Crippen molar-refractivity contribution in [1.29, 1.82) is 0 Å². The number of carbonyl (C=O) groups is 3. The number of alkyl halides is 6. The molecule has 0 saturated heterocycles. The number of ketones is 2. The summed E-state index contributed by atoms with van der Waals surface area (Å²) in [7, 11) is 2.72. The number of hydrogen-bond acceptors (Lipinski definition) is 9. The highest BCUT2D eigenvalue weighted by Gasteiger charge is 2.68. The van der Waals surface area contributed by atoms with Crippen LogP contribution in [0, 0.1) is 11.8 Å². The number of hydrogen-bond donors (Lipinski definition) is 6. The Labute approximate surface area is 267 Å². The highest BCUT2D eigenvalue weighted by molar-refractivity contribution is 6.24. The Morgan fingerprint density at radius 1 is 0.958 bits per heavy atom. The molecule has 0 radical (unpaired) electrons. The van der Waals surface area contributed by atoms with Crippen molar-refractivity contribution in [1.82, 2.24) is 4.90 Å². The fraction of sp³-hybridized carbons (Fsp3) is 0.344. The summed E-state index contributed by atoms with van der Waals surface area (Å²) in [4.78, 5) is 40.7. The number of nitrogens with two attached hydrogens (primary N) is 1. The summed E-state index contributed by atoms with van der Waals surface area (Å²) in [5.74, 6) is -11.1. The number of likely N-dealkylation sites (N-methyl/N-ethyl adjacent to an activating group) is 1. The van der Waals surface area contributed by atoms with Crippen molar-refractivity contribution < 1.29 is 66.3 Å². The molecule has 0 bridgehead atoms. The quantitative estimate of drug-likeness (QED) is 0.159. The third-order valence-electron chi connectivity index (χ3n) is 9.23. The number of benzene rings is 2. The zero-order valence-electron chi connectivity index (χ0n) is 25.2. The van der Waals surface area contributed by atoms with Crippen molar-refractivity contribution in [2.75, 3.05) is 14.1 Å². The van der Waals surface area contributed by atoms with E-state index in [2.05, 4.69) is 0 Å². The largest absolute Gasteiger partial charge is 0.508 e. The summed E-state index contributed by atoms with van der Waals surface area (Å²) in [6.45, 7) is 1.49. The van der Waals surface area contributed by atoms with Gasteiger partial charge in [-0.3, -0.25) is 19.3 Å². The maximum absolute atomic E-state index is 14.1.